The van der Waals surface area contributed by atoms with E-state index in [1.165, 1.54) is 12.1 Å². The number of esters is 3. The van der Waals surface area contributed by atoms with Gasteiger partial charge in [0.1, 0.15) is 5.82 Å². The van der Waals surface area contributed by atoms with Crippen molar-refractivity contribution in [3.8, 4) is 22.9 Å². The highest BCUT2D eigenvalue weighted by Gasteiger charge is 2.31. The maximum Gasteiger partial charge on any atom is 0.416 e. The predicted molar refractivity (Wildman–Crippen MR) is 157 cm³/mol. The van der Waals surface area contributed by atoms with Crippen molar-refractivity contribution in [2.75, 3.05) is 10.6 Å². The first kappa shape index (κ1) is 30.8. The molecule has 0 aliphatic heterocycles. The second-order valence-corrected chi connectivity index (χ2v) is 9.23. The molecule has 14 nitrogen and oxygen atoms in total. The van der Waals surface area contributed by atoms with Crippen LogP contribution in [0.4, 0.5) is 22.0 Å². The minimum Gasteiger partial charge on any atom is -0.464 e. The molecule has 0 aliphatic carbocycles. The highest BCUT2D eigenvalue weighted by atomic mass is 16.6. The highest BCUT2D eigenvalue weighted by molar-refractivity contribution is 5.98. The van der Waals surface area contributed by atoms with E-state index in [2.05, 4.69) is 0 Å². The summed E-state index contributed by atoms with van der Waals surface area (Å²) < 4.78 is 17.2. The fourth-order valence-corrected chi connectivity index (χ4v) is 4.33. The molecule has 1 amide bonds. The zero-order chi connectivity index (χ0) is 32.1. The van der Waals surface area contributed by atoms with Gasteiger partial charge in [0.05, 0.1) is 17.9 Å². The summed E-state index contributed by atoms with van der Waals surface area (Å²) in [6.07, 6.45) is -1.75. The Hall–Kier alpha value is -6.18. The molecule has 0 aliphatic rings. The molecule has 0 bridgehead atoms. The molecule has 226 valence electrons. The molecule has 0 saturated heterocycles. The topological polar surface area (TPSA) is 189 Å². The van der Waals surface area contributed by atoms with E-state index >= 15 is 0 Å². The number of hydrogen-bond donors (Lipinski definition) is 2. The van der Waals surface area contributed by atoms with E-state index in [9.17, 15) is 33.9 Å². The minimum absolute atomic E-state index is 0.231. The Morgan fingerprint density at radius 1 is 0.795 bits per heavy atom. The molecular formula is C30H26N4O10. The first-order chi connectivity index (χ1) is 20.9. The van der Waals surface area contributed by atoms with Gasteiger partial charge in [-0.2, -0.15) is 0 Å². The van der Waals surface area contributed by atoms with E-state index < -0.39 is 69.7 Å². The third-order valence-electron chi connectivity index (χ3n) is 5.98. The van der Waals surface area contributed by atoms with Crippen LogP contribution >= 0.6 is 0 Å². The predicted octanol–water partition coefficient (Wildman–Crippen LogP) is 3.22. The molecule has 0 unspecified atom stereocenters. The Morgan fingerprint density at radius 2 is 1.30 bits per heavy atom. The zero-order valence-corrected chi connectivity index (χ0v) is 23.7. The number of anilines is 3. The van der Waals surface area contributed by atoms with Crippen molar-refractivity contribution in [1.29, 1.82) is 0 Å². The quantitative estimate of drug-likeness (QED) is 0.222. The Balaban J connectivity index is 2.09. The van der Waals surface area contributed by atoms with Gasteiger partial charge in [-0.1, -0.05) is 48.5 Å². The lowest BCUT2D eigenvalue weighted by Gasteiger charge is -2.25. The molecule has 0 spiro atoms. The van der Waals surface area contributed by atoms with Crippen molar-refractivity contribution in [2.24, 2.45) is 0 Å². The lowest BCUT2D eigenvalue weighted by atomic mass is 10.2. The van der Waals surface area contributed by atoms with Gasteiger partial charge in [-0.05, 0) is 17.7 Å². The average Bonchev–Trinajstić information content (AvgIpc) is 2.95. The summed E-state index contributed by atoms with van der Waals surface area (Å²) >= 11 is 0. The molecule has 1 aromatic heterocycles. The van der Waals surface area contributed by atoms with Crippen LogP contribution in [-0.4, -0.2) is 38.2 Å². The van der Waals surface area contributed by atoms with Gasteiger partial charge >= 0.3 is 29.7 Å². The van der Waals surface area contributed by atoms with Crippen LogP contribution in [0, 0.1) is 0 Å². The Morgan fingerprint density at radius 3 is 1.77 bits per heavy atom. The van der Waals surface area contributed by atoms with Crippen LogP contribution in [0.1, 0.15) is 26.3 Å². The van der Waals surface area contributed by atoms with Crippen LogP contribution in [-0.2, 0) is 20.9 Å². The number of carbonyl (C=O) groups is 4. The van der Waals surface area contributed by atoms with Gasteiger partial charge in [0, 0.05) is 32.9 Å². The monoisotopic (exact) mass is 602 g/mol. The molecule has 0 atom stereocenters. The fraction of sp³-hybridized carbons (Fsp3) is 0.133. The number of carbonyl (C=O) groups excluding carboxylic acids is 3. The van der Waals surface area contributed by atoms with Crippen molar-refractivity contribution < 1.29 is 38.5 Å². The van der Waals surface area contributed by atoms with Gasteiger partial charge in [0.2, 0.25) is 5.75 Å². The van der Waals surface area contributed by atoms with E-state index in [0.29, 0.717) is 10.5 Å². The number of aromatic nitrogens is 2. The normalized spacial score (nSPS) is 10.5. The van der Waals surface area contributed by atoms with E-state index in [1.807, 2.05) is 0 Å². The fourth-order valence-electron chi connectivity index (χ4n) is 4.33. The zero-order valence-electron chi connectivity index (χ0n) is 23.7. The lowest BCUT2D eigenvalue weighted by molar-refractivity contribution is -0.135. The summed E-state index contributed by atoms with van der Waals surface area (Å²) in [5, 5.41) is 10.4. The Bertz CT molecular complexity index is 1840. The average molecular weight is 603 g/mol. The third kappa shape index (κ3) is 6.49. The number of nitrogens with zero attached hydrogens (tertiary/aromatic N) is 3. The molecule has 0 radical (unpaired) electrons. The largest absolute Gasteiger partial charge is 0.464 e. The van der Waals surface area contributed by atoms with Crippen LogP contribution in [0.15, 0.2) is 82.4 Å². The third-order valence-corrected chi connectivity index (χ3v) is 5.98. The van der Waals surface area contributed by atoms with Crippen LogP contribution in [0.2, 0.25) is 0 Å². The molecule has 0 saturated carbocycles. The number of benzene rings is 3. The molecule has 4 rings (SSSR count). The van der Waals surface area contributed by atoms with Crippen LogP contribution in [0.25, 0.3) is 5.69 Å². The van der Waals surface area contributed by atoms with Crippen molar-refractivity contribution in [2.45, 2.75) is 27.3 Å². The van der Waals surface area contributed by atoms with E-state index in [1.54, 1.807) is 48.5 Å². The Kier molecular flexibility index (Phi) is 8.93. The minimum atomic E-state index is -1.75. The van der Waals surface area contributed by atoms with Crippen molar-refractivity contribution in [3.05, 3.63) is 99.2 Å². The summed E-state index contributed by atoms with van der Waals surface area (Å²) in [5.74, 6) is -4.72. The summed E-state index contributed by atoms with van der Waals surface area (Å²) in [7, 11) is 0. The summed E-state index contributed by atoms with van der Waals surface area (Å²) in [5.41, 5.74) is 4.19. The summed E-state index contributed by atoms with van der Waals surface area (Å²) in [4.78, 5) is 76.7. The molecule has 44 heavy (non-hydrogen) atoms. The van der Waals surface area contributed by atoms with Crippen LogP contribution in [0.3, 0.4) is 0 Å². The number of amides is 1. The maximum absolute atomic E-state index is 14.0. The number of carboxylic acid groups (broad SMARTS) is 1. The molecule has 14 heteroatoms. The Labute approximate surface area is 249 Å². The lowest BCUT2D eigenvalue weighted by Crippen LogP contribution is -2.44. The van der Waals surface area contributed by atoms with Gasteiger partial charge in [0.15, 0.2) is 17.2 Å². The summed E-state index contributed by atoms with van der Waals surface area (Å²) in [6, 6.07) is 18.4. The van der Waals surface area contributed by atoms with Gasteiger partial charge in [-0.3, -0.25) is 23.7 Å². The number of para-hydroxylation sites is 1. The van der Waals surface area contributed by atoms with E-state index in [0.717, 1.165) is 42.0 Å². The molecule has 1 heterocycles. The molecular weight excluding hydrogens is 576 g/mol. The molecule has 0 fully saturated rings. The second-order valence-electron chi connectivity index (χ2n) is 9.23. The van der Waals surface area contributed by atoms with Gasteiger partial charge in [0.25, 0.3) is 5.56 Å². The second kappa shape index (κ2) is 12.8. The van der Waals surface area contributed by atoms with Gasteiger partial charge < -0.3 is 25.1 Å². The molecule has 3 aromatic carbocycles. The number of ether oxygens (including phenoxy) is 3. The van der Waals surface area contributed by atoms with Gasteiger partial charge in [-0.25, -0.2) is 19.1 Å². The van der Waals surface area contributed by atoms with Gasteiger partial charge in [-0.15, -0.1) is 0 Å². The standard InChI is InChI=1S/C30H26N4O10/c1-17(35)42-23-14-22(15-24(43-18(2)36)26(23)44-19(3)37)33(30(40)41)25-27(31)34(21-12-8-5-9-13-21)29(39)32(28(25)38)16-20-10-6-4-7-11-20/h4-15H,16,31H2,1-3H3,(H,40,41). The van der Waals surface area contributed by atoms with Crippen LogP contribution in [0.5, 0.6) is 17.2 Å². The molecule has 3 N–H and O–H groups in total. The van der Waals surface area contributed by atoms with E-state index in [4.69, 9.17) is 19.9 Å². The number of rotatable bonds is 8. The van der Waals surface area contributed by atoms with Crippen molar-refractivity contribution >= 4 is 41.2 Å². The highest BCUT2D eigenvalue weighted by Crippen LogP contribution is 2.44. The smallest absolute Gasteiger partial charge is 0.416 e. The van der Waals surface area contributed by atoms with E-state index in [-0.39, 0.29) is 12.2 Å². The summed E-state index contributed by atoms with van der Waals surface area (Å²) in [6.45, 7) is 2.85. The first-order valence-electron chi connectivity index (χ1n) is 12.9. The SMILES string of the molecule is CC(=O)Oc1cc(N(C(=O)O)c2c(N)n(-c3ccccc3)c(=O)n(Cc3ccccc3)c2=O)cc(OC(C)=O)c1OC(C)=O. The number of nitrogen functional groups attached to an aromatic ring is 1. The van der Waals surface area contributed by atoms with Crippen LogP contribution < -0.4 is 36.1 Å². The molecule has 4 aromatic rings. The number of hydrogen-bond acceptors (Lipinski definition) is 10. The number of nitrogens with two attached hydrogens (primary N) is 1. The first-order valence-corrected chi connectivity index (χ1v) is 12.9. The van der Waals surface area contributed by atoms with Crippen molar-refractivity contribution in [3.63, 3.8) is 0 Å². The van der Waals surface area contributed by atoms with Crippen molar-refractivity contribution in [1.82, 2.24) is 9.13 Å². The maximum atomic E-state index is 14.0.